The summed E-state index contributed by atoms with van der Waals surface area (Å²) in [4.78, 5) is 13.6. The van der Waals surface area contributed by atoms with Crippen LogP contribution in [-0.4, -0.2) is 44.8 Å². The van der Waals surface area contributed by atoms with Gasteiger partial charge in [-0.05, 0) is 36.0 Å². The number of rotatable bonds is 8. The first kappa shape index (κ1) is 16.0. The monoisotopic (exact) mass is 291 g/mol. The molecular weight excluding hydrogens is 266 g/mol. The van der Waals surface area contributed by atoms with E-state index in [4.69, 9.17) is 9.47 Å². The smallest absolute Gasteiger partial charge is 0.306 e. The second kappa shape index (κ2) is 8.15. The van der Waals surface area contributed by atoms with Gasteiger partial charge >= 0.3 is 5.97 Å². The Morgan fingerprint density at radius 2 is 2.00 bits per heavy atom. The van der Waals surface area contributed by atoms with Gasteiger partial charge in [0.1, 0.15) is 0 Å². The van der Waals surface area contributed by atoms with Gasteiger partial charge in [-0.3, -0.25) is 9.69 Å². The third kappa shape index (κ3) is 4.83. The van der Waals surface area contributed by atoms with Crippen molar-refractivity contribution in [3.05, 3.63) is 34.9 Å². The number of esters is 1. The molecule has 1 aliphatic rings. The molecule has 0 saturated carbocycles. The summed E-state index contributed by atoms with van der Waals surface area (Å²) in [6.45, 7) is 3.05. The summed E-state index contributed by atoms with van der Waals surface area (Å²) in [7, 11) is 3.14. The highest BCUT2D eigenvalue weighted by Crippen LogP contribution is 2.23. The van der Waals surface area contributed by atoms with Crippen LogP contribution in [0.2, 0.25) is 0 Å². The lowest BCUT2D eigenvalue weighted by atomic mass is 10.1. The van der Waals surface area contributed by atoms with Gasteiger partial charge in [-0.25, -0.2) is 0 Å². The Morgan fingerprint density at radius 3 is 2.76 bits per heavy atom. The first-order valence-corrected chi connectivity index (χ1v) is 7.61. The van der Waals surface area contributed by atoms with Gasteiger partial charge in [0.15, 0.2) is 0 Å². The zero-order valence-corrected chi connectivity index (χ0v) is 13.1. The Bertz CT molecular complexity index is 473. The molecule has 0 fully saturated rings. The van der Waals surface area contributed by atoms with Gasteiger partial charge in [-0.15, -0.1) is 0 Å². The van der Waals surface area contributed by atoms with Crippen LogP contribution in [0.3, 0.4) is 0 Å². The van der Waals surface area contributed by atoms with Crippen LogP contribution in [0.4, 0.5) is 0 Å². The van der Waals surface area contributed by atoms with E-state index in [1.54, 1.807) is 7.11 Å². The van der Waals surface area contributed by atoms with E-state index in [-0.39, 0.29) is 5.97 Å². The number of carbonyl (C=O) groups is 1. The predicted molar refractivity (Wildman–Crippen MR) is 82.3 cm³/mol. The fraction of sp³-hybridized carbons (Fsp3) is 0.588. The summed E-state index contributed by atoms with van der Waals surface area (Å²) in [5, 5.41) is 0. The van der Waals surface area contributed by atoms with Crippen LogP contribution in [-0.2, 0) is 33.7 Å². The topological polar surface area (TPSA) is 38.8 Å². The van der Waals surface area contributed by atoms with Gasteiger partial charge in [0.05, 0.1) is 20.1 Å². The number of hydrogen-bond acceptors (Lipinski definition) is 4. The van der Waals surface area contributed by atoms with Gasteiger partial charge in [-0.2, -0.15) is 0 Å². The molecular formula is C17H25NO3. The molecule has 4 heteroatoms. The minimum Gasteiger partial charge on any atom is -0.469 e. The summed E-state index contributed by atoms with van der Waals surface area (Å²) < 4.78 is 9.88. The van der Waals surface area contributed by atoms with E-state index in [9.17, 15) is 4.79 Å². The summed E-state index contributed by atoms with van der Waals surface area (Å²) in [6, 6.07) is 6.79. The van der Waals surface area contributed by atoms with Crippen LogP contribution in [0.25, 0.3) is 0 Å². The number of nitrogens with zero attached hydrogens (tertiary/aromatic N) is 1. The third-order valence-corrected chi connectivity index (χ3v) is 4.04. The fourth-order valence-electron chi connectivity index (χ4n) is 2.82. The first-order valence-electron chi connectivity index (χ1n) is 7.61. The maximum atomic E-state index is 11.3. The average Bonchev–Trinajstić information content (AvgIpc) is 2.97. The Labute approximate surface area is 127 Å². The minimum absolute atomic E-state index is 0.161. The molecule has 0 saturated heterocycles. The molecule has 1 aromatic rings. The van der Waals surface area contributed by atoms with Crippen molar-refractivity contribution >= 4 is 5.97 Å². The molecule has 1 aromatic carbocycles. The zero-order chi connectivity index (χ0) is 15.1. The molecule has 1 aliphatic carbocycles. The molecule has 0 heterocycles. The zero-order valence-electron chi connectivity index (χ0n) is 13.1. The van der Waals surface area contributed by atoms with Crippen molar-refractivity contribution in [1.82, 2.24) is 4.90 Å². The molecule has 0 radical (unpaired) electrons. The van der Waals surface area contributed by atoms with Gasteiger partial charge in [-0.1, -0.05) is 18.2 Å². The van der Waals surface area contributed by atoms with E-state index in [0.717, 1.165) is 13.1 Å². The van der Waals surface area contributed by atoms with Gasteiger partial charge < -0.3 is 9.47 Å². The Morgan fingerprint density at radius 1 is 1.19 bits per heavy atom. The molecule has 116 valence electrons. The Kier molecular flexibility index (Phi) is 6.21. The van der Waals surface area contributed by atoms with E-state index >= 15 is 0 Å². The van der Waals surface area contributed by atoms with Crippen LogP contribution in [0.1, 0.15) is 29.5 Å². The molecule has 0 unspecified atom stereocenters. The molecule has 2 rings (SSSR count). The summed E-state index contributed by atoms with van der Waals surface area (Å²) in [5.41, 5.74) is 4.31. The fourth-order valence-corrected chi connectivity index (χ4v) is 2.82. The van der Waals surface area contributed by atoms with Crippen molar-refractivity contribution in [3.8, 4) is 0 Å². The van der Waals surface area contributed by atoms with Crippen LogP contribution in [0, 0.1) is 0 Å². The second-order valence-electron chi connectivity index (χ2n) is 5.55. The molecule has 0 aliphatic heterocycles. The summed E-state index contributed by atoms with van der Waals surface area (Å²) in [6.07, 6.45) is 4.11. The minimum atomic E-state index is -0.161. The number of fused-ring (bicyclic) bond motifs is 1. The van der Waals surface area contributed by atoms with E-state index < -0.39 is 0 Å². The van der Waals surface area contributed by atoms with Crippen LogP contribution >= 0.6 is 0 Å². The number of carbonyl (C=O) groups excluding carboxylic acids is 1. The van der Waals surface area contributed by atoms with Crippen LogP contribution < -0.4 is 0 Å². The largest absolute Gasteiger partial charge is 0.469 e. The van der Waals surface area contributed by atoms with Crippen molar-refractivity contribution in [2.75, 3.05) is 33.9 Å². The highest BCUT2D eigenvalue weighted by molar-refractivity contribution is 5.69. The molecule has 0 amide bonds. The lowest BCUT2D eigenvalue weighted by molar-refractivity contribution is -0.141. The maximum absolute atomic E-state index is 11.3. The van der Waals surface area contributed by atoms with E-state index in [0.29, 0.717) is 19.6 Å². The van der Waals surface area contributed by atoms with Crippen molar-refractivity contribution in [2.24, 2.45) is 0 Å². The predicted octanol–water partition coefficient (Wildman–Crippen LogP) is 2.19. The van der Waals surface area contributed by atoms with Crippen molar-refractivity contribution in [1.29, 1.82) is 0 Å². The molecule has 0 bridgehead atoms. The molecule has 0 atom stereocenters. The summed E-state index contributed by atoms with van der Waals surface area (Å²) in [5.74, 6) is -0.161. The van der Waals surface area contributed by atoms with Crippen LogP contribution in [0.5, 0.6) is 0 Å². The third-order valence-electron chi connectivity index (χ3n) is 4.04. The standard InChI is InChI=1S/C17H25NO3/c1-20-11-10-18(9-8-17(19)21-2)13-14-6-7-15-4-3-5-16(15)12-14/h6-7,12H,3-5,8-11,13H2,1-2H3. The number of ether oxygens (including phenoxy) is 2. The van der Waals surface area contributed by atoms with Gasteiger partial charge in [0.25, 0.3) is 0 Å². The molecule has 0 aromatic heterocycles. The molecule has 4 nitrogen and oxygen atoms in total. The van der Waals surface area contributed by atoms with E-state index in [1.165, 1.54) is 43.1 Å². The normalized spacial score (nSPS) is 13.5. The summed E-state index contributed by atoms with van der Waals surface area (Å²) >= 11 is 0. The Balaban J connectivity index is 1.94. The quantitative estimate of drug-likeness (QED) is 0.688. The number of aryl methyl sites for hydroxylation is 2. The molecule has 0 spiro atoms. The highest BCUT2D eigenvalue weighted by atomic mass is 16.5. The number of benzene rings is 1. The molecule has 21 heavy (non-hydrogen) atoms. The molecule has 0 N–H and O–H groups in total. The van der Waals surface area contributed by atoms with Gasteiger partial charge in [0, 0.05) is 26.7 Å². The number of hydrogen-bond donors (Lipinski definition) is 0. The van der Waals surface area contributed by atoms with Crippen LogP contribution in [0.15, 0.2) is 18.2 Å². The average molecular weight is 291 g/mol. The lowest BCUT2D eigenvalue weighted by Gasteiger charge is -2.22. The maximum Gasteiger partial charge on any atom is 0.306 e. The first-order chi connectivity index (χ1) is 10.2. The highest BCUT2D eigenvalue weighted by Gasteiger charge is 2.13. The number of methoxy groups -OCH3 is 2. The van der Waals surface area contributed by atoms with Crippen molar-refractivity contribution in [3.63, 3.8) is 0 Å². The SMILES string of the molecule is COCCN(CCC(=O)OC)Cc1ccc2c(c1)CCC2. The second-order valence-corrected chi connectivity index (χ2v) is 5.55. The lowest BCUT2D eigenvalue weighted by Crippen LogP contribution is -2.29. The Hall–Kier alpha value is -1.39. The van der Waals surface area contributed by atoms with E-state index in [1.807, 2.05) is 0 Å². The van der Waals surface area contributed by atoms with Gasteiger partial charge in [0.2, 0.25) is 0 Å². The van der Waals surface area contributed by atoms with Crippen molar-refractivity contribution < 1.29 is 14.3 Å². The van der Waals surface area contributed by atoms with Crippen molar-refractivity contribution in [2.45, 2.75) is 32.2 Å². The van der Waals surface area contributed by atoms with E-state index in [2.05, 4.69) is 23.1 Å².